The first-order chi connectivity index (χ1) is 13.5. The van der Waals surface area contributed by atoms with Crippen molar-refractivity contribution in [3.8, 4) is 0 Å². The van der Waals surface area contributed by atoms with E-state index in [1.54, 1.807) is 0 Å². The fourth-order valence-corrected chi connectivity index (χ4v) is 45.1. The summed E-state index contributed by atoms with van der Waals surface area (Å²) in [5.74, 6) is 0. The van der Waals surface area contributed by atoms with Crippen molar-refractivity contribution in [2.75, 3.05) is 13.2 Å². The topological polar surface area (TPSA) is 54.0 Å². The summed E-state index contributed by atoms with van der Waals surface area (Å²) in [6.07, 6.45) is 8.32. The summed E-state index contributed by atoms with van der Waals surface area (Å²) < 4.78 is 29.0. The predicted molar refractivity (Wildman–Crippen MR) is 121 cm³/mol. The normalized spacial score (nSPS) is 12.2. The molecule has 0 aromatic carbocycles. The molecule has 0 rings (SSSR count). The third-order valence-electron chi connectivity index (χ3n) is 4.96. The van der Waals surface area contributed by atoms with E-state index in [0.29, 0.717) is 13.2 Å². The maximum absolute atomic E-state index is 12.4. The summed E-state index contributed by atoms with van der Waals surface area (Å²) in [4.78, 5) is 12.4. The number of hydrogen-bond acceptors (Lipinski definition) is 5. The van der Waals surface area contributed by atoms with Crippen molar-refractivity contribution >= 4 is 44.6 Å². The fraction of sp³-hybridized carbons (Fsp3) is 0.952. The van der Waals surface area contributed by atoms with Crippen LogP contribution in [0, 0.1) is 0 Å². The van der Waals surface area contributed by atoms with E-state index in [4.69, 9.17) is 12.3 Å². The molecule has 0 aliphatic carbocycles. The van der Waals surface area contributed by atoms with Gasteiger partial charge in [0.15, 0.2) is 0 Å². The summed E-state index contributed by atoms with van der Waals surface area (Å²) in [5, 5.41) is 0. The molecule has 0 radical (unpaired) electrons. The van der Waals surface area contributed by atoms with Gasteiger partial charge < -0.3 is 0 Å². The van der Waals surface area contributed by atoms with Gasteiger partial charge >= 0.3 is 186 Å². The van der Waals surface area contributed by atoms with Crippen LogP contribution in [-0.4, -0.2) is 57.8 Å². The van der Waals surface area contributed by atoms with Gasteiger partial charge in [-0.1, -0.05) is 0 Å². The number of carbonyl (C=O) groups is 1. The second-order valence-electron chi connectivity index (χ2n) is 7.56. The Morgan fingerprint density at radius 3 is 1.43 bits per heavy atom. The van der Waals surface area contributed by atoms with Gasteiger partial charge in [0.2, 0.25) is 0 Å². The van der Waals surface area contributed by atoms with Crippen LogP contribution in [0.15, 0.2) is 0 Å². The van der Waals surface area contributed by atoms with Crippen molar-refractivity contribution in [1.82, 2.24) is 0 Å². The average molecular weight is 616 g/mol. The molecule has 0 aromatic heterocycles. The van der Waals surface area contributed by atoms with Gasteiger partial charge in [0.1, 0.15) is 0 Å². The fourth-order valence-electron chi connectivity index (χ4n) is 3.44. The van der Waals surface area contributed by atoms with Gasteiger partial charge in [-0.2, -0.15) is 0 Å². The molecule has 0 aliphatic rings. The van der Waals surface area contributed by atoms with E-state index in [0.717, 1.165) is 69.1 Å². The van der Waals surface area contributed by atoms with E-state index in [2.05, 4.69) is 34.6 Å². The molecule has 0 amide bonds. The van der Waals surface area contributed by atoms with E-state index in [1.165, 1.54) is 0 Å². The summed E-state index contributed by atoms with van der Waals surface area (Å²) in [6.45, 7) is 13.8. The van der Waals surface area contributed by atoms with Crippen LogP contribution < -0.4 is 0 Å². The third kappa shape index (κ3) is 11.8. The van der Waals surface area contributed by atoms with Crippen LogP contribution in [-0.2, 0) is 12.3 Å². The van der Waals surface area contributed by atoms with Gasteiger partial charge in [-0.15, -0.1) is 0 Å². The molecule has 5 nitrogen and oxygen atoms in total. The van der Waals surface area contributed by atoms with E-state index in [1.807, 2.05) is 6.92 Å². The van der Waals surface area contributed by atoms with Crippen molar-refractivity contribution in [1.29, 1.82) is 0 Å². The Kier molecular flexibility index (Phi) is 18.0. The molecule has 0 heterocycles. The van der Waals surface area contributed by atoms with E-state index in [-0.39, 0.29) is 0 Å². The van der Waals surface area contributed by atoms with Crippen LogP contribution in [0.4, 0.5) is 4.79 Å². The molecule has 0 bridgehead atoms. The van der Waals surface area contributed by atoms with Crippen molar-refractivity contribution in [2.45, 2.75) is 111 Å². The SMILES string of the molecule is CCC[CH2][Sn]([CH2]CCC)([O]CC)[O][Sn]([CH2]CCC)([CH2]CCC)[O]C(=O)OCC. The Hall–Kier alpha value is 0.787. The Balaban J connectivity index is 5.83. The molecule has 0 aromatic rings. The second-order valence-corrected chi connectivity index (χ2v) is 29.6. The molecule has 0 fully saturated rings. The van der Waals surface area contributed by atoms with E-state index in [9.17, 15) is 4.79 Å². The Bertz CT molecular complexity index is 377. The molecule has 0 atom stereocenters. The Morgan fingerprint density at radius 2 is 1.07 bits per heavy atom. The van der Waals surface area contributed by atoms with Crippen LogP contribution in [0.25, 0.3) is 0 Å². The first kappa shape index (κ1) is 28.8. The number of carbonyl (C=O) groups excluding carboxylic acids is 1. The van der Waals surface area contributed by atoms with Gasteiger partial charge in [0.05, 0.1) is 0 Å². The Morgan fingerprint density at radius 1 is 0.643 bits per heavy atom. The van der Waals surface area contributed by atoms with Crippen molar-refractivity contribution in [3.05, 3.63) is 0 Å². The van der Waals surface area contributed by atoms with Crippen LogP contribution in [0.3, 0.4) is 0 Å². The third-order valence-corrected chi connectivity index (χ3v) is 37.9. The first-order valence-electron chi connectivity index (χ1n) is 11.7. The molecule has 0 saturated carbocycles. The molecular formula is C21H46O5Sn2. The number of ether oxygens (including phenoxy) is 1. The predicted octanol–water partition coefficient (Wildman–Crippen LogP) is 7.30. The average Bonchev–Trinajstić information content (AvgIpc) is 2.68. The van der Waals surface area contributed by atoms with Gasteiger partial charge in [0.25, 0.3) is 0 Å². The zero-order valence-electron chi connectivity index (χ0n) is 19.4. The Labute approximate surface area is 184 Å². The number of rotatable bonds is 18. The molecule has 7 heteroatoms. The van der Waals surface area contributed by atoms with Crippen molar-refractivity contribution in [3.63, 3.8) is 0 Å². The van der Waals surface area contributed by atoms with E-state index >= 15 is 0 Å². The van der Waals surface area contributed by atoms with Gasteiger partial charge in [-0.3, -0.25) is 0 Å². The summed E-state index contributed by atoms with van der Waals surface area (Å²) in [5.41, 5.74) is 0. The minimum atomic E-state index is -3.65. The van der Waals surface area contributed by atoms with Crippen molar-refractivity contribution < 1.29 is 17.1 Å². The number of hydrogen-bond donors (Lipinski definition) is 0. The summed E-state index contributed by atoms with van der Waals surface area (Å²) in [7, 11) is 0. The second kappa shape index (κ2) is 17.5. The van der Waals surface area contributed by atoms with E-state index < -0.39 is 44.6 Å². The molecule has 0 saturated heterocycles. The number of unbranched alkanes of at least 4 members (excludes halogenated alkanes) is 4. The molecule has 0 N–H and O–H groups in total. The maximum atomic E-state index is 12.4. The quantitative estimate of drug-likeness (QED) is 0.120. The zero-order chi connectivity index (χ0) is 21.3. The van der Waals surface area contributed by atoms with Crippen LogP contribution in [0.2, 0.25) is 17.7 Å². The molecule has 0 aliphatic heterocycles. The standard InChI is InChI=1S/4C4H9.C3H6O3.C2H5O.O.2Sn/c4*1-3-4-2;1-2-6-3(4)5;1-2-3;;;/h4*1,3-4H2,2H3;2H2,1H3,(H,4,5);2H2,1H3;;;/q;;;;;-1;;2*+1/p-1. The van der Waals surface area contributed by atoms with Gasteiger partial charge in [-0.25, -0.2) is 0 Å². The molecule has 28 heavy (non-hydrogen) atoms. The summed E-state index contributed by atoms with van der Waals surface area (Å²) in [6, 6.07) is 0. The first-order valence-corrected chi connectivity index (χ1v) is 24.4. The van der Waals surface area contributed by atoms with Gasteiger partial charge in [0, 0.05) is 0 Å². The summed E-state index contributed by atoms with van der Waals surface area (Å²) >= 11 is -6.96. The monoisotopic (exact) mass is 618 g/mol. The molecule has 0 unspecified atom stereocenters. The van der Waals surface area contributed by atoms with Crippen LogP contribution in [0.1, 0.15) is 92.9 Å². The van der Waals surface area contributed by atoms with Crippen LogP contribution >= 0.6 is 0 Å². The zero-order valence-corrected chi connectivity index (χ0v) is 25.1. The molecule has 0 spiro atoms. The molecule has 168 valence electrons. The van der Waals surface area contributed by atoms with Crippen molar-refractivity contribution in [2.24, 2.45) is 0 Å². The van der Waals surface area contributed by atoms with Crippen LogP contribution in [0.5, 0.6) is 0 Å². The minimum absolute atomic E-state index is 0.341. The molecular weight excluding hydrogens is 570 g/mol. The van der Waals surface area contributed by atoms with Gasteiger partial charge in [-0.05, 0) is 0 Å².